The maximum atomic E-state index is 14.3. The largest absolute Gasteiger partial charge is 0.508 e. The number of phenols is 1. The molecule has 2 N–H and O–H groups in total. The molecule has 0 unspecified atom stereocenters. The summed E-state index contributed by atoms with van der Waals surface area (Å²) in [5.41, 5.74) is 1.84. The summed E-state index contributed by atoms with van der Waals surface area (Å²) in [6.07, 6.45) is 4.03. The van der Waals surface area contributed by atoms with Gasteiger partial charge in [-0.15, -0.1) is 0 Å². The lowest BCUT2D eigenvalue weighted by Crippen LogP contribution is -2.23. The van der Waals surface area contributed by atoms with E-state index in [2.05, 4.69) is 10.3 Å². The van der Waals surface area contributed by atoms with Gasteiger partial charge in [0.1, 0.15) is 17.4 Å². The minimum absolute atomic E-state index is 0.150. The molecule has 0 radical (unpaired) electrons. The molecule has 134 valence electrons. The monoisotopic (exact) mass is 353 g/mol. The van der Waals surface area contributed by atoms with E-state index in [0.717, 1.165) is 5.56 Å². The van der Waals surface area contributed by atoms with Crippen molar-refractivity contribution in [3.8, 4) is 11.4 Å². The molecule has 0 aliphatic heterocycles. The van der Waals surface area contributed by atoms with E-state index in [1.165, 1.54) is 6.07 Å². The van der Waals surface area contributed by atoms with Gasteiger partial charge in [0.05, 0.1) is 5.69 Å². The molecule has 0 bridgehead atoms. The molecular formula is C20H20FN3O2. The fraction of sp³-hybridized carbons (Fsp3) is 0.200. The van der Waals surface area contributed by atoms with Crippen molar-refractivity contribution in [2.75, 3.05) is 0 Å². The predicted octanol–water partition coefficient (Wildman–Crippen LogP) is 3.27. The Labute approximate surface area is 151 Å². The fourth-order valence-electron chi connectivity index (χ4n) is 2.75. The highest BCUT2D eigenvalue weighted by Crippen LogP contribution is 2.18. The van der Waals surface area contributed by atoms with Crippen molar-refractivity contribution < 1.29 is 14.3 Å². The van der Waals surface area contributed by atoms with E-state index in [0.29, 0.717) is 23.5 Å². The molecule has 5 nitrogen and oxygen atoms in total. The Bertz CT molecular complexity index is 921. The molecule has 0 spiro atoms. The molecule has 0 saturated heterocycles. The standard InChI is InChI=1S/C20H20FN3O2/c1-14-22-10-11-24(14)18-8-6-15(12-17(18)21)13-23-20(26)9-7-16-4-2-3-5-19(16)25/h2-6,8,10-12,25H,7,9,13H2,1H3,(H,23,26). The molecule has 3 aromatic rings. The van der Waals surface area contributed by atoms with Gasteiger partial charge in [-0.2, -0.15) is 0 Å². The first-order valence-corrected chi connectivity index (χ1v) is 8.37. The lowest BCUT2D eigenvalue weighted by molar-refractivity contribution is -0.121. The summed E-state index contributed by atoms with van der Waals surface area (Å²) in [4.78, 5) is 16.1. The van der Waals surface area contributed by atoms with Gasteiger partial charge in [-0.3, -0.25) is 4.79 Å². The van der Waals surface area contributed by atoms with Crippen molar-refractivity contribution >= 4 is 5.91 Å². The number of hydrogen-bond donors (Lipinski definition) is 2. The van der Waals surface area contributed by atoms with Gasteiger partial charge in [0.15, 0.2) is 0 Å². The van der Waals surface area contributed by atoms with Crippen LogP contribution < -0.4 is 5.32 Å². The highest BCUT2D eigenvalue weighted by Gasteiger charge is 2.09. The van der Waals surface area contributed by atoms with Crippen LogP contribution in [0.1, 0.15) is 23.4 Å². The van der Waals surface area contributed by atoms with Crippen molar-refractivity contribution in [3.63, 3.8) is 0 Å². The van der Waals surface area contributed by atoms with E-state index >= 15 is 0 Å². The number of benzene rings is 2. The first-order chi connectivity index (χ1) is 12.5. The van der Waals surface area contributed by atoms with Crippen LogP contribution in [-0.4, -0.2) is 20.6 Å². The van der Waals surface area contributed by atoms with Gasteiger partial charge in [-0.05, 0) is 42.7 Å². The minimum atomic E-state index is -0.368. The van der Waals surface area contributed by atoms with Gasteiger partial charge in [-0.25, -0.2) is 9.37 Å². The third-order valence-corrected chi connectivity index (χ3v) is 4.20. The van der Waals surface area contributed by atoms with E-state index in [9.17, 15) is 14.3 Å². The Morgan fingerprint density at radius 1 is 1.27 bits per heavy atom. The van der Waals surface area contributed by atoms with Crippen LogP contribution >= 0.6 is 0 Å². The summed E-state index contributed by atoms with van der Waals surface area (Å²) in [6, 6.07) is 11.8. The van der Waals surface area contributed by atoms with Gasteiger partial charge in [0.2, 0.25) is 5.91 Å². The van der Waals surface area contributed by atoms with Crippen LogP contribution in [0.2, 0.25) is 0 Å². The van der Waals surface area contributed by atoms with Crippen molar-refractivity contribution in [1.29, 1.82) is 0 Å². The molecule has 1 heterocycles. The van der Waals surface area contributed by atoms with Crippen LogP contribution in [0.3, 0.4) is 0 Å². The van der Waals surface area contributed by atoms with Crippen molar-refractivity contribution in [2.24, 2.45) is 0 Å². The van der Waals surface area contributed by atoms with Crippen LogP contribution in [0.25, 0.3) is 5.69 Å². The Kier molecular flexibility index (Phi) is 5.31. The highest BCUT2D eigenvalue weighted by atomic mass is 19.1. The van der Waals surface area contributed by atoms with Crippen LogP contribution in [0.5, 0.6) is 5.75 Å². The number of rotatable bonds is 6. The van der Waals surface area contributed by atoms with E-state index < -0.39 is 0 Å². The summed E-state index contributed by atoms with van der Waals surface area (Å²) >= 11 is 0. The molecule has 0 aliphatic carbocycles. The molecule has 2 aromatic carbocycles. The Morgan fingerprint density at radius 3 is 2.77 bits per heavy atom. The van der Waals surface area contributed by atoms with Crippen LogP contribution in [-0.2, 0) is 17.8 Å². The average molecular weight is 353 g/mol. The summed E-state index contributed by atoms with van der Waals surface area (Å²) in [7, 11) is 0. The van der Waals surface area contributed by atoms with Gasteiger partial charge >= 0.3 is 0 Å². The van der Waals surface area contributed by atoms with Gasteiger partial charge in [-0.1, -0.05) is 24.3 Å². The number of amides is 1. The molecular weight excluding hydrogens is 333 g/mol. The lowest BCUT2D eigenvalue weighted by Gasteiger charge is -2.10. The normalized spacial score (nSPS) is 10.7. The zero-order valence-corrected chi connectivity index (χ0v) is 14.4. The molecule has 6 heteroatoms. The maximum Gasteiger partial charge on any atom is 0.220 e. The van der Waals surface area contributed by atoms with Gasteiger partial charge in [0, 0.05) is 25.4 Å². The first kappa shape index (κ1) is 17.7. The number of nitrogens with zero attached hydrogens (tertiary/aromatic N) is 2. The number of nitrogens with one attached hydrogen (secondary N) is 1. The van der Waals surface area contributed by atoms with E-state index in [1.807, 2.05) is 6.07 Å². The third kappa shape index (κ3) is 4.08. The van der Waals surface area contributed by atoms with Gasteiger partial charge in [0.25, 0.3) is 0 Å². The molecule has 0 saturated carbocycles. The Morgan fingerprint density at radius 2 is 2.08 bits per heavy atom. The average Bonchev–Trinajstić information content (AvgIpc) is 3.05. The number of aromatic nitrogens is 2. The lowest BCUT2D eigenvalue weighted by atomic mass is 10.1. The number of halogens is 1. The number of aromatic hydroxyl groups is 1. The smallest absolute Gasteiger partial charge is 0.220 e. The number of hydrogen-bond acceptors (Lipinski definition) is 3. The SMILES string of the molecule is Cc1nccn1-c1ccc(CNC(=O)CCc2ccccc2O)cc1F. The molecule has 1 amide bonds. The zero-order chi connectivity index (χ0) is 18.5. The second kappa shape index (κ2) is 7.82. The molecule has 26 heavy (non-hydrogen) atoms. The fourth-order valence-corrected chi connectivity index (χ4v) is 2.75. The second-order valence-corrected chi connectivity index (χ2v) is 6.04. The second-order valence-electron chi connectivity index (χ2n) is 6.04. The number of imidazole rings is 1. The van der Waals surface area contributed by atoms with Gasteiger partial charge < -0.3 is 15.0 Å². The van der Waals surface area contributed by atoms with Crippen LogP contribution in [0.15, 0.2) is 54.9 Å². The summed E-state index contributed by atoms with van der Waals surface area (Å²) in [5.74, 6) is 0.372. The van der Waals surface area contributed by atoms with E-state index in [4.69, 9.17) is 0 Å². The number of carbonyl (C=O) groups excluding carboxylic acids is 1. The minimum Gasteiger partial charge on any atom is -0.508 e. The highest BCUT2D eigenvalue weighted by molar-refractivity contribution is 5.76. The zero-order valence-electron chi connectivity index (χ0n) is 14.4. The Balaban J connectivity index is 1.56. The number of phenolic OH excluding ortho intramolecular Hbond substituents is 1. The molecule has 0 aliphatic rings. The topological polar surface area (TPSA) is 67.2 Å². The third-order valence-electron chi connectivity index (χ3n) is 4.20. The van der Waals surface area contributed by atoms with Crippen molar-refractivity contribution in [3.05, 3.63) is 77.6 Å². The summed E-state index contributed by atoms with van der Waals surface area (Å²) in [6.45, 7) is 2.05. The maximum absolute atomic E-state index is 14.3. The molecule has 0 atom stereocenters. The number of carbonyl (C=O) groups is 1. The summed E-state index contributed by atoms with van der Waals surface area (Å²) < 4.78 is 16.0. The quantitative estimate of drug-likeness (QED) is 0.715. The molecule has 0 fully saturated rings. The molecule has 1 aromatic heterocycles. The van der Waals surface area contributed by atoms with Crippen molar-refractivity contribution in [1.82, 2.24) is 14.9 Å². The number of aryl methyl sites for hydroxylation is 2. The Hall–Kier alpha value is -3.15. The predicted molar refractivity (Wildman–Crippen MR) is 96.5 cm³/mol. The van der Waals surface area contributed by atoms with Crippen molar-refractivity contribution in [2.45, 2.75) is 26.3 Å². The van der Waals surface area contributed by atoms with E-state index in [1.54, 1.807) is 54.2 Å². The van der Waals surface area contributed by atoms with Crippen LogP contribution in [0.4, 0.5) is 4.39 Å². The molecule has 3 rings (SSSR count). The number of para-hydroxylation sites is 1. The first-order valence-electron chi connectivity index (χ1n) is 8.37. The van der Waals surface area contributed by atoms with Crippen LogP contribution in [0, 0.1) is 12.7 Å². The summed E-state index contributed by atoms with van der Waals surface area (Å²) in [5, 5.41) is 12.5. The van der Waals surface area contributed by atoms with E-state index in [-0.39, 0.29) is 30.4 Å².